The van der Waals surface area contributed by atoms with E-state index in [2.05, 4.69) is 32.7 Å². The van der Waals surface area contributed by atoms with Gasteiger partial charge >= 0.3 is 0 Å². The van der Waals surface area contributed by atoms with Crippen molar-refractivity contribution in [2.24, 2.45) is 0 Å². The number of nitrogens with zero attached hydrogens (tertiary/aromatic N) is 6. The van der Waals surface area contributed by atoms with Crippen LogP contribution in [-0.4, -0.2) is 48.1 Å². The Balaban J connectivity index is 1.99. The number of aromatic nitrogens is 2. The Labute approximate surface area is 176 Å². The molecular weight excluding hydrogens is 382 g/mol. The van der Waals surface area contributed by atoms with Gasteiger partial charge in [0.05, 0.1) is 12.1 Å². The molecule has 0 aromatic carbocycles. The van der Waals surface area contributed by atoms with Crippen molar-refractivity contribution in [1.82, 2.24) is 14.9 Å². The van der Waals surface area contributed by atoms with Crippen molar-refractivity contribution >= 4 is 29.1 Å². The van der Waals surface area contributed by atoms with Gasteiger partial charge in [0, 0.05) is 31.6 Å². The number of thioether (sulfide) groups is 1. The maximum atomic E-state index is 9.81. The van der Waals surface area contributed by atoms with Crippen molar-refractivity contribution in [2.75, 3.05) is 43.9 Å². The van der Waals surface area contributed by atoms with E-state index in [0.717, 1.165) is 43.7 Å². The van der Waals surface area contributed by atoms with Gasteiger partial charge in [0.2, 0.25) is 5.69 Å². The van der Waals surface area contributed by atoms with Crippen LogP contribution < -0.4 is 10.6 Å². The molecule has 1 fully saturated rings. The maximum Gasteiger partial charge on any atom is 0.232 e. The van der Waals surface area contributed by atoms with Crippen LogP contribution in [0.4, 0.5) is 17.3 Å². The smallest absolute Gasteiger partial charge is 0.232 e. The molecule has 0 unspecified atom stereocenters. The van der Waals surface area contributed by atoms with Gasteiger partial charge in [0.1, 0.15) is 22.7 Å². The summed E-state index contributed by atoms with van der Waals surface area (Å²) in [4.78, 5) is 17.3. The first-order valence-electron chi connectivity index (χ1n) is 9.68. The van der Waals surface area contributed by atoms with Crippen molar-refractivity contribution in [3.8, 4) is 6.07 Å². The quantitative estimate of drug-likeness (QED) is 0.600. The zero-order chi connectivity index (χ0) is 20.8. The third kappa shape index (κ3) is 4.79. The summed E-state index contributed by atoms with van der Waals surface area (Å²) < 4.78 is 0. The van der Waals surface area contributed by atoms with E-state index in [1.165, 1.54) is 11.8 Å². The Morgan fingerprint density at radius 1 is 1.31 bits per heavy atom. The molecular formula is C21H25N7S. The molecule has 1 aliphatic heterocycles. The van der Waals surface area contributed by atoms with Gasteiger partial charge < -0.3 is 15.5 Å². The summed E-state index contributed by atoms with van der Waals surface area (Å²) in [5.74, 6) is 1.83. The zero-order valence-electron chi connectivity index (χ0n) is 16.9. The fourth-order valence-corrected chi connectivity index (χ4v) is 4.36. The van der Waals surface area contributed by atoms with Crippen LogP contribution >= 0.6 is 11.8 Å². The number of hydrogen-bond donors (Lipinski definition) is 1. The van der Waals surface area contributed by atoms with Crippen LogP contribution in [0.5, 0.6) is 0 Å². The van der Waals surface area contributed by atoms with Crippen molar-refractivity contribution in [3.63, 3.8) is 0 Å². The number of anilines is 2. The largest absolute Gasteiger partial charge is 0.384 e. The van der Waals surface area contributed by atoms with Gasteiger partial charge in [0.15, 0.2) is 0 Å². The number of pyridine rings is 2. The zero-order valence-corrected chi connectivity index (χ0v) is 17.7. The highest BCUT2D eigenvalue weighted by molar-refractivity contribution is 7.98. The predicted molar refractivity (Wildman–Crippen MR) is 117 cm³/mol. The lowest BCUT2D eigenvalue weighted by molar-refractivity contribution is 0.360. The van der Waals surface area contributed by atoms with Gasteiger partial charge in [0.25, 0.3) is 0 Å². The van der Waals surface area contributed by atoms with E-state index < -0.39 is 0 Å². The molecule has 0 atom stereocenters. The van der Waals surface area contributed by atoms with Crippen LogP contribution in [-0.2, 0) is 12.2 Å². The summed E-state index contributed by atoms with van der Waals surface area (Å²) in [7, 11) is 2.12. The predicted octanol–water partition coefficient (Wildman–Crippen LogP) is 3.48. The lowest BCUT2D eigenvalue weighted by Crippen LogP contribution is -2.29. The van der Waals surface area contributed by atoms with Crippen LogP contribution in [0.15, 0.2) is 23.4 Å². The van der Waals surface area contributed by atoms with E-state index in [1.807, 2.05) is 13.0 Å². The number of hydrogen-bond acceptors (Lipinski definition) is 7. The van der Waals surface area contributed by atoms with Crippen molar-refractivity contribution in [1.29, 1.82) is 5.26 Å². The van der Waals surface area contributed by atoms with Gasteiger partial charge in [-0.15, -0.1) is 11.8 Å². The molecule has 1 aliphatic rings. The lowest BCUT2D eigenvalue weighted by Gasteiger charge is -2.25. The van der Waals surface area contributed by atoms with E-state index in [0.29, 0.717) is 40.1 Å². The third-order valence-corrected chi connectivity index (χ3v) is 6.09. The van der Waals surface area contributed by atoms with Crippen molar-refractivity contribution in [2.45, 2.75) is 30.5 Å². The maximum absolute atomic E-state index is 9.81. The molecule has 3 rings (SSSR count). The fraction of sp³-hybridized carbons (Fsp3) is 0.429. The molecule has 8 heteroatoms. The second-order valence-electron chi connectivity index (χ2n) is 7.04. The summed E-state index contributed by atoms with van der Waals surface area (Å²) in [5.41, 5.74) is 8.51. The van der Waals surface area contributed by atoms with Crippen molar-refractivity contribution < 1.29 is 0 Å². The molecule has 29 heavy (non-hydrogen) atoms. The number of likely N-dealkylation sites (N-methyl/N-ethyl adjacent to an activating group) is 1. The van der Waals surface area contributed by atoms with Gasteiger partial charge in [-0.1, -0.05) is 13.0 Å². The van der Waals surface area contributed by atoms with Gasteiger partial charge in [-0.2, -0.15) is 5.26 Å². The van der Waals surface area contributed by atoms with Gasteiger partial charge in [-0.3, -0.25) is 0 Å². The van der Waals surface area contributed by atoms with E-state index in [-0.39, 0.29) is 0 Å². The topological polar surface area (TPSA) is 86.4 Å². The van der Waals surface area contributed by atoms with Crippen LogP contribution in [0.25, 0.3) is 4.85 Å². The Morgan fingerprint density at radius 3 is 2.79 bits per heavy atom. The number of rotatable bonds is 5. The summed E-state index contributed by atoms with van der Waals surface area (Å²) in [6, 6.07) is 6.00. The third-order valence-electron chi connectivity index (χ3n) is 5.04. The Morgan fingerprint density at radius 2 is 2.14 bits per heavy atom. The average Bonchev–Trinajstić information content (AvgIpc) is 2.96. The molecule has 0 amide bonds. The molecule has 0 bridgehead atoms. The summed E-state index contributed by atoms with van der Waals surface area (Å²) >= 11 is 1.51. The first-order chi connectivity index (χ1) is 14.1. The second-order valence-corrected chi connectivity index (χ2v) is 8.01. The van der Waals surface area contributed by atoms with E-state index in [9.17, 15) is 5.26 Å². The second kappa shape index (κ2) is 9.60. The fourth-order valence-electron chi connectivity index (χ4n) is 3.42. The number of nitriles is 1. The van der Waals surface area contributed by atoms with E-state index >= 15 is 0 Å². The molecule has 3 heterocycles. The molecule has 1 saturated heterocycles. The van der Waals surface area contributed by atoms with Crippen molar-refractivity contribution in [3.05, 3.63) is 46.4 Å². The molecule has 0 spiro atoms. The Bertz CT molecular complexity index is 943. The molecule has 2 aromatic heterocycles. The number of nitrogen functional groups attached to an aromatic ring is 1. The van der Waals surface area contributed by atoms with E-state index in [1.54, 1.807) is 12.3 Å². The molecule has 0 radical (unpaired) electrons. The van der Waals surface area contributed by atoms with E-state index in [4.69, 9.17) is 17.3 Å². The minimum Gasteiger partial charge on any atom is -0.384 e. The highest BCUT2D eigenvalue weighted by Gasteiger charge is 2.24. The van der Waals surface area contributed by atoms with Crippen LogP contribution in [0, 0.1) is 17.9 Å². The normalized spacial score (nSPS) is 14.8. The minimum atomic E-state index is 0.484. The standard InChI is InChI=1S/C21H25N7S/c1-4-16-17(12-22)21(29-14-15-6-7-18(23)25-13-15)26-20(19(16)24-2)28-9-5-8-27(3)10-11-28/h6-7,13H,4-5,8-11,14H2,1,3H3,(H2,23,25). The summed E-state index contributed by atoms with van der Waals surface area (Å²) in [5, 5.41) is 10.5. The molecule has 150 valence electrons. The molecule has 2 N–H and O–H groups in total. The highest BCUT2D eigenvalue weighted by atomic mass is 32.2. The lowest BCUT2D eigenvalue weighted by atomic mass is 10.1. The monoisotopic (exact) mass is 407 g/mol. The number of nitrogens with two attached hydrogens (primary N) is 1. The molecule has 2 aromatic rings. The van der Waals surface area contributed by atoms with Crippen LogP contribution in [0.3, 0.4) is 0 Å². The average molecular weight is 408 g/mol. The Hall–Kier alpha value is -2.81. The van der Waals surface area contributed by atoms with Gasteiger partial charge in [-0.05, 0) is 43.6 Å². The van der Waals surface area contributed by atoms with Crippen LogP contribution in [0.2, 0.25) is 0 Å². The highest BCUT2D eigenvalue weighted by Crippen LogP contribution is 2.39. The Kier molecular flexibility index (Phi) is 6.92. The minimum absolute atomic E-state index is 0.484. The molecule has 0 saturated carbocycles. The molecule has 7 nitrogen and oxygen atoms in total. The summed E-state index contributed by atoms with van der Waals surface area (Å²) in [6.07, 6.45) is 3.39. The first-order valence-corrected chi connectivity index (χ1v) is 10.7. The van der Waals surface area contributed by atoms with Gasteiger partial charge in [-0.25, -0.2) is 14.8 Å². The summed E-state index contributed by atoms with van der Waals surface area (Å²) in [6.45, 7) is 13.4. The first kappa shape index (κ1) is 20.9. The molecule has 0 aliphatic carbocycles. The van der Waals surface area contributed by atoms with Crippen LogP contribution in [0.1, 0.15) is 30.0 Å². The SMILES string of the molecule is [C-]#[N+]c1c(N2CCCN(C)CC2)nc(SCc2ccc(N)nc2)c(C#N)c1CC.